The van der Waals surface area contributed by atoms with Crippen molar-refractivity contribution in [3.8, 4) is 0 Å². The minimum atomic E-state index is -1.47. The highest BCUT2D eigenvalue weighted by Crippen LogP contribution is 2.31. The highest BCUT2D eigenvalue weighted by molar-refractivity contribution is 6.47. The van der Waals surface area contributed by atoms with Gasteiger partial charge in [0.2, 0.25) is 5.91 Å². The summed E-state index contributed by atoms with van der Waals surface area (Å²) in [7, 11) is 0. The van der Waals surface area contributed by atoms with Gasteiger partial charge in [-0.25, -0.2) is 0 Å². The average Bonchev–Trinajstić information content (AvgIpc) is 2.97. The predicted molar refractivity (Wildman–Crippen MR) is 155 cm³/mol. The van der Waals surface area contributed by atoms with Crippen molar-refractivity contribution >= 4 is 45.9 Å². The topological polar surface area (TPSA) is 96.7 Å². The van der Waals surface area contributed by atoms with Gasteiger partial charge < -0.3 is 9.73 Å². The molecule has 1 aromatic heterocycles. The van der Waals surface area contributed by atoms with Crippen molar-refractivity contribution in [1.29, 1.82) is 0 Å². The summed E-state index contributed by atoms with van der Waals surface area (Å²) in [6.07, 6.45) is 5.83. The maximum atomic E-state index is 14.1. The van der Waals surface area contributed by atoms with Crippen LogP contribution in [0.3, 0.4) is 0 Å². The number of carbonyl (C=O) groups excluding carboxylic acids is 3. The molecule has 204 valence electrons. The van der Waals surface area contributed by atoms with E-state index in [0.29, 0.717) is 10.6 Å². The van der Waals surface area contributed by atoms with Gasteiger partial charge in [-0.15, -0.1) is 0 Å². The van der Waals surface area contributed by atoms with Crippen molar-refractivity contribution < 1.29 is 18.8 Å². The molecule has 1 fully saturated rings. The van der Waals surface area contributed by atoms with Gasteiger partial charge in [0.1, 0.15) is 17.9 Å². The molecule has 1 heterocycles. The van der Waals surface area contributed by atoms with Gasteiger partial charge in [-0.3, -0.25) is 24.1 Å². The maximum absolute atomic E-state index is 14.1. The zero-order valence-corrected chi connectivity index (χ0v) is 22.8. The van der Waals surface area contributed by atoms with Crippen LogP contribution in [-0.4, -0.2) is 23.6 Å². The van der Waals surface area contributed by atoms with Crippen LogP contribution in [0.25, 0.3) is 11.0 Å². The summed E-state index contributed by atoms with van der Waals surface area (Å²) >= 11 is 6.13. The van der Waals surface area contributed by atoms with Gasteiger partial charge in [0.15, 0.2) is 5.43 Å². The van der Waals surface area contributed by atoms with Crippen LogP contribution in [0.5, 0.6) is 0 Å². The molecule has 4 aromatic rings. The van der Waals surface area contributed by atoms with Gasteiger partial charge in [0.25, 0.3) is 11.7 Å². The molecule has 5 rings (SSSR count). The minimum Gasteiger partial charge on any atom is -0.464 e. The van der Waals surface area contributed by atoms with E-state index >= 15 is 0 Å². The number of aryl methyl sites for hydroxylation is 1. The number of halogens is 1. The predicted octanol–water partition coefficient (Wildman–Crippen LogP) is 6.16. The van der Waals surface area contributed by atoms with E-state index < -0.39 is 29.1 Å². The van der Waals surface area contributed by atoms with Gasteiger partial charge >= 0.3 is 0 Å². The lowest BCUT2D eigenvalue weighted by molar-refractivity contribution is -0.126. The molecule has 0 spiro atoms. The number of fused-ring (bicyclic) bond motifs is 1. The number of rotatable bonds is 7. The van der Waals surface area contributed by atoms with Crippen LogP contribution in [0.1, 0.15) is 59.6 Å². The highest BCUT2D eigenvalue weighted by atomic mass is 35.5. The number of nitrogens with zero attached hydrogens (tertiary/aromatic N) is 1. The summed E-state index contributed by atoms with van der Waals surface area (Å²) in [6, 6.07) is 17.9. The first-order valence-electron chi connectivity index (χ1n) is 13.3. The molecule has 1 saturated carbocycles. The molecule has 1 N–H and O–H groups in total. The Morgan fingerprint density at radius 3 is 2.35 bits per heavy atom. The number of Topliss-reactive ketones (excluding diaryl/α,β-unsaturated/α-hetero) is 1. The van der Waals surface area contributed by atoms with Crippen LogP contribution in [0, 0.1) is 6.92 Å². The van der Waals surface area contributed by atoms with Gasteiger partial charge in [0, 0.05) is 22.3 Å². The Labute approximate surface area is 236 Å². The second-order valence-electron chi connectivity index (χ2n) is 10.1. The van der Waals surface area contributed by atoms with Crippen molar-refractivity contribution in [3.05, 3.63) is 111 Å². The monoisotopic (exact) mass is 556 g/mol. The zero-order valence-electron chi connectivity index (χ0n) is 22.1. The molecule has 2 amide bonds. The molecule has 0 saturated heterocycles. The molecule has 0 radical (unpaired) electrons. The van der Waals surface area contributed by atoms with Crippen molar-refractivity contribution in [2.75, 3.05) is 4.90 Å². The summed E-state index contributed by atoms with van der Waals surface area (Å²) < 4.78 is 5.81. The average molecular weight is 557 g/mol. The fourth-order valence-electron chi connectivity index (χ4n) is 5.18. The number of hydrogen-bond acceptors (Lipinski definition) is 5. The van der Waals surface area contributed by atoms with E-state index in [1.807, 2.05) is 13.0 Å². The summed E-state index contributed by atoms with van der Waals surface area (Å²) in [6.45, 7) is 1.85. The number of anilines is 1. The van der Waals surface area contributed by atoms with Crippen LogP contribution in [0.15, 0.2) is 88.3 Å². The molecule has 40 heavy (non-hydrogen) atoms. The fourth-order valence-corrected chi connectivity index (χ4v) is 5.31. The maximum Gasteiger partial charge on any atom is 0.300 e. The van der Waals surface area contributed by atoms with E-state index in [-0.39, 0.29) is 28.2 Å². The summed E-state index contributed by atoms with van der Waals surface area (Å²) in [5, 5.41) is 3.74. The molecule has 8 heteroatoms. The Bertz CT molecular complexity index is 1610. The zero-order chi connectivity index (χ0) is 28.2. The number of benzene rings is 3. The Morgan fingerprint density at radius 2 is 1.65 bits per heavy atom. The van der Waals surface area contributed by atoms with Crippen LogP contribution in [0.4, 0.5) is 5.69 Å². The third kappa shape index (κ3) is 5.70. The van der Waals surface area contributed by atoms with Crippen molar-refractivity contribution in [3.63, 3.8) is 0 Å². The second-order valence-corrected chi connectivity index (χ2v) is 10.5. The summed E-state index contributed by atoms with van der Waals surface area (Å²) in [5.41, 5.74) is 1.11. The first-order valence-corrected chi connectivity index (χ1v) is 13.7. The fraction of sp³-hybridized carbons (Fsp3) is 0.250. The number of ketones is 1. The first-order chi connectivity index (χ1) is 19.3. The van der Waals surface area contributed by atoms with Gasteiger partial charge in [0.05, 0.1) is 10.9 Å². The van der Waals surface area contributed by atoms with Crippen LogP contribution < -0.4 is 15.6 Å². The second kappa shape index (κ2) is 11.9. The van der Waals surface area contributed by atoms with Crippen molar-refractivity contribution in [1.82, 2.24) is 5.32 Å². The molecule has 0 bridgehead atoms. The van der Waals surface area contributed by atoms with E-state index in [1.165, 1.54) is 18.4 Å². The minimum absolute atomic E-state index is 0.0458. The van der Waals surface area contributed by atoms with E-state index in [1.54, 1.807) is 54.6 Å². The van der Waals surface area contributed by atoms with Gasteiger partial charge in [-0.05, 0) is 56.2 Å². The van der Waals surface area contributed by atoms with Gasteiger partial charge in [-0.1, -0.05) is 72.8 Å². The molecular formula is C32H29ClN2O5. The highest BCUT2D eigenvalue weighted by Gasteiger charge is 2.39. The lowest BCUT2D eigenvalue weighted by Crippen LogP contribution is -2.50. The third-order valence-electron chi connectivity index (χ3n) is 7.26. The molecule has 1 aliphatic carbocycles. The van der Waals surface area contributed by atoms with Gasteiger partial charge in [-0.2, -0.15) is 0 Å². The Balaban J connectivity index is 1.68. The largest absolute Gasteiger partial charge is 0.464 e. The van der Waals surface area contributed by atoms with Crippen LogP contribution in [0.2, 0.25) is 5.02 Å². The molecule has 1 aliphatic rings. The van der Waals surface area contributed by atoms with E-state index in [2.05, 4.69) is 5.32 Å². The van der Waals surface area contributed by atoms with E-state index in [9.17, 15) is 19.2 Å². The number of amides is 2. The van der Waals surface area contributed by atoms with E-state index in [0.717, 1.165) is 42.6 Å². The van der Waals surface area contributed by atoms with Crippen molar-refractivity contribution in [2.24, 2.45) is 0 Å². The Kier molecular flexibility index (Phi) is 8.12. The lowest BCUT2D eigenvalue weighted by atomic mass is 9.94. The quantitative estimate of drug-likeness (QED) is 0.217. The number of nitrogens with one attached hydrogen (secondary N) is 1. The molecule has 3 aromatic carbocycles. The standard InChI is InChI=1S/C32H29ClN2O5/c1-20-12-17-27-25(18-20)30(37)26(19-40-27)28(31(38)34-23-10-6-3-7-11-23)35(24-15-13-22(33)14-16-24)32(39)29(36)21-8-4-2-5-9-21/h2,4-5,8-9,12-19,23,28H,3,6-7,10-11H2,1H3,(H,34,38). The SMILES string of the molecule is Cc1ccc2occ(C(C(=O)NC3CCCCC3)N(C(=O)C(=O)c3ccccc3)c3ccc(Cl)cc3)c(=O)c2c1. The first kappa shape index (κ1) is 27.3. The molecule has 0 aliphatic heterocycles. The van der Waals surface area contributed by atoms with Crippen LogP contribution in [-0.2, 0) is 9.59 Å². The summed E-state index contributed by atoms with van der Waals surface area (Å²) in [5.74, 6) is -2.33. The lowest BCUT2D eigenvalue weighted by Gasteiger charge is -2.32. The third-order valence-corrected chi connectivity index (χ3v) is 7.51. The molecular weight excluding hydrogens is 528 g/mol. The summed E-state index contributed by atoms with van der Waals surface area (Å²) in [4.78, 5) is 56.5. The normalized spacial score (nSPS) is 14.4. The number of hydrogen-bond donors (Lipinski definition) is 1. The van der Waals surface area contributed by atoms with Crippen molar-refractivity contribution in [2.45, 2.75) is 51.1 Å². The number of carbonyl (C=O) groups is 3. The molecule has 1 atom stereocenters. The molecule has 7 nitrogen and oxygen atoms in total. The van der Waals surface area contributed by atoms with Crippen LogP contribution >= 0.6 is 11.6 Å². The van der Waals surface area contributed by atoms with E-state index in [4.69, 9.17) is 16.0 Å². The molecule has 1 unspecified atom stereocenters. The Morgan fingerprint density at radius 1 is 0.950 bits per heavy atom. The smallest absolute Gasteiger partial charge is 0.300 e. The Hall–Kier alpha value is -4.23.